The highest BCUT2D eigenvalue weighted by molar-refractivity contribution is 4.65. The maximum absolute atomic E-state index is 3.71. The summed E-state index contributed by atoms with van der Waals surface area (Å²) in [5.74, 6) is 0. The van der Waals surface area contributed by atoms with Gasteiger partial charge in [0.1, 0.15) is 0 Å². The van der Waals surface area contributed by atoms with Crippen molar-refractivity contribution in [2.24, 2.45) is 0 Å². The molecule has 0 heterocycles. The van der Waals surface area contributed by atoms with E-state index < -0.39 is 0 Å². The first kappa shape index (κ1) is 18.4. The van der Waals surface area contributed by atoms with Crippen molar-refractivity contribution in [1.82, 2.24) is 12.3 Å². The van der Waals surface area contributed by atoms with E-state index in [2.05, 4.69) is 13.5 Å². The first-order chi connectivity index (χ1) is 5.41. The Morgan fingerprint density at radius 1 is 0.846 bits per heavy atom. The van der Waals surface area contributed by atoms with E-state index >= 15 is 0 Å². The molecule has 0 spiro atoms. The summed E-state index contributed by atoms with van der Waals surface area (Å²) in [5, 5.41) is 0. The molecule has 0 radical (unpaired) electrons. The van der Waals surface area contributed by atoms with Crippen LogP contribution in [0.2, 0.25) is 0 Å². The second-order valence-corrected chi connectivity index (χ2v) is 3.20. The van der Waals surface area contributed by atoms with Gasteiger partial charge in [-0.1, -0.05) is 51.5 Å². The quantitative estimate of drug-likeness (QED) is 0.430. The Bertz CT molecular complexity index is 82.2. The van der Waals surface area contributed by atoms with Crippen molar-refractivity contribution in [1.29, 1.82) is 0 Å². The molecule has 82 valence electrons. The normalized spacial score (nSPS) is 8.38. The molecule has 0 aromatic heterocycles. The van der Waals surface area contributed by atoms with Gasteiger partial charge in [-0.05, 0) is 12.8 Å². The van der Waals surface area contributed by atoms with Crippen molar-refractivity contribution in [3.05, 3.63) is 12.7 Å². The molecule has 0 fully saturated rings. The number of rotatable bonds is 8. The van der Waals surface area contributed by atoms with Crippen LogP contribution in [0, 0.1) is 0 Å². The Kier molecular flexibility index (Phi) is 25.1. The van der Waals surface area contributed by atoms with Crippen LogP contribution in [0.5, 0.6) is 0 Å². The summed E-state index contributed by atoms with van der Waals surface area (Å²) in [7, 11) is 0. The van der Waals surface area contributed by atoms with Crippen LogP contribution in [0.3, 0.4) is 0 Å². The van der Waals surface area contributed by atoms with Gasteiger partial charge in [-0.25, -0.2) is 0 Å². The van der Waals surface area contributed by atoms with Crippen molar-refractivity contribution in [3.63, 3.8) is 0 Å². The van der Waals surface area contributed by atoms with Crippen molar-refractivity contribution < 1.29 is 0 Å². The number of unbranched alkanes of at least 4 members (excludes halogenated alkanes) is 7. The Balaban J connectivity index is -0.000000500. The summed E-state index contributed by atoms with van der Waals surface area (Å²) in [4.78, 5) is 0. The van der Waals surface area contributed by atoms with Crippen molar-refractivity contribution >= 4 is 0 Å². The van der Waals surface area contributed by atoms with Crippen LogP contribution < -0.4 is 12.3 Å². The summed E-state index contributed by atoms with van der Waals surface area (Å²) in [5.41, 5.74) is 0. The molecule has 0 bridgehead atoms. The van der Waals surface area contributed by atoms with Gasteiger partial charge >= 0.3 is 0 Å². The Labute approximate surface area is 84.0 Å². The average Bonchev–Trinajstić information content (AvgIpc) is 2.03. The van der Waals surface area contributed by atoms with Crippen molar-refractivity contribution in [2.75, 3.05) is 0 Å². The van der Waals surface area contributed by atoms with E-state index in [1.165, 1.54) is 51.4 Å². The predicted molar refractivity (Wildman–Crippen MR) is 62.9 cm³/mol. The van der Waals surface area contributed by atoms with Crippen LogP contribution in [0.1, 0.15) is 58.3 Å². The van der Waals surface area contributed by atoms with Gasteiger partial charge < -0.3 is 12.3 Å². The fourth-order valence-corrected chi connectivity index (χ4v) is 1.25. The maximum atomic E-state index is 3.71. The topological polar surface area (TPSA) is 70.0 Å². The highest BCUT2D eigenvalue weighted by Gasteiger charge is 1.88. The first-order valence-corrected chi connectivity index (χ1v) is 5.02. The molecular weight excluding hydrogens is 160 g/mol. The Morgan fingerprint density at radius 2 is 1.31 bits per heavy atom. The van der Waals surface area contributed by atoms with Crippen LogP contribution in [-0.4, -0.2) is 0 Å². The van der Waals surface area contributed by atoms with Crippen LogP contribution in [-0.2, 0) is 0 Å². The number of allylic oxidation sites excluding steroid dienone is 1. The molecule has 0 aliphatic carbocycles. The third kappa shape index (κ3) is 18.5. The van der Waals surface area contributed by atoms with Gasteiger partial charge in [-0.2, -0.15) is 0 Å². The van der Waals surface area contributed by atoms with Gasteiger partial charge in [0.2, 0.25) is 0 Å². The van der Waals surface area contributed by atoms with Gasteiger partial charge in [0, 0.05) is 0 Å². The molecule has 0 aliphatic heterocycles. The van der Waals surface area contributed by atoms with Gasteiger partial charge in [-0.15, -0.1) is 6.58 Å². The zero-order valence-corrected chi connectivity index (χ0v) is 9.36. The van der Waals surface area contributed by atoms with E-state index in [0.717, 1.165) is 0 Å². The lowest BCUT2D eigenvalue weighted by atomic mass is 10.1. The molecule has 13 heavy (non-hydrogen) atoms. The number of hydrogen-bond acceptors (Lipinski definition) is 2. The second-order valence-electron chi connectivity index (χ2n) is 3.20. The monoisotopic (exact) mass is 188 g/mol. The third-order valence-corrected chi connectivity index (χ3v) is 2.01. The molecule has 2 nitrogen and oxygen atoms in total. The first-order valence-electron chi connectivity index (χ1n) is 5.02. The lowest BCUT2D eigenvalue weighted by Gasteiger charge is -1.98. The molecular formula is C11H28N2. The Hall–Kier alpha value is -0.340. The summed E-state index contributed by atoms with van der Waals surface area (Å²) in [6.45, 7) is 5.97. The summed E-state index contributed by atoms with van der Waals surface area (Å²) < 4.78 is 0. The molecule has 0 aliphatic rings. The molecule has 0 atom stereocenters. The van der Waals surface area contributed by atoms with E-state index in [1.54, 1.807) is 0 Å². The SMILES string of the molecule is C=CCCCCCCCCC.N.N. The summed E-state index contributed by atoms with van der Waals surface area (Å²) in [6.07, 6.45) is 13.0. The molecule has 0 saturated carbocycles. The molecule has 0 unspecified atom stereocenters. The van der Waals surface area contributed by atoms with Crippen molar-refractivity contribution in [3.8, 4) is 0 Å². The standard InChI is InChI=1S/C11H22.2H3N/c1-3-5-7-9-11-10-8-6-4-2;;/h3H,1,4-11H2,2H3;2*1H3. The van der Waals surface area contributed by atoms with Crippen LogP contribution in [0.4, 0.5) is 0 Å². The van der Waals surface area contributed by atoms with Gasteiger partial charge in [-0.3, -0.25) is 0 Å². The van der Waals surface area contributed by atoms with E-state index in [4.69, 9.17) is 0 Å². The van der Waals surface area contributed by atoms with Crippen molar-refractivity contribution in [2.45, 2.75) is 58.3 Å². The fourth-order valence-electron chi connectivity index (χ4n) is 1.25. The summed E-state index contributed by atoms with van der Waals surface area (Å²) >= 11 is 0. The minimum atomic E-state index is 0. The zero-order valence-electron chi connectivity index (χ0n) is 9.36. The minimum absolute atomic E-state index is 0. The smallest absolute Gasteiger partial charge is 0.0353 e. The molecule has 2 heteroatoms. The maximum Gasteiger partial charge on any atom is -0.0353 e. The minimum Gasteiger partial charge on any atom is -0.344 e. The van der Waals surface area contributed by atoms with E-state index in [1.807, 2.05) is 6.08 Å². The van der Waals surface area contributed by atoms with Gasteiger partial charge in [0.05, 0.1) is 0 Å². The van der Waals surface area contributed by atoms with E-state index in [9.17, 15) is 0 Å². The lowest BCUT2D eigenvalue weighted by Crippen LogP contribution is -1.78. The molecule has 0 aromatic carbocycles. The second kappa shape index (κ2) is 17.7. The lowest BCUT2D eigenvalue weighted by molar-refractivity contribution is 0.592. The van der Waals surface area contributed by atoms with Gasteiger partial charge in [0.25, 0.3) is 0 Å². The molecule has 0 rings (SSSR count). The van der Waals surface area contributed by atoms with Crippen LogP contribution in [0.15, 0.2) is 12.7 Å². The Morgan fingerprint density at radius 3 is 1.77 bits per heavy atom. The van der Waals surface area contributed by atoms with E-state index in [0.29, 0.717) is 0 Å². The highest BCUT2D eigenvalue weighted by atomic mass is 14.0. The zero-order chi connectivity index (χ0) is 8.36. The largest absolute Gasteiger partial charge is 0.344 e. The van der Waals surface area contributed by atoms with Crippen LogP contribution >= 0.6 is 0 Å². The number of hydrogen-bond donors (Lipinski definition) is 2. The molecule has 0 amide bonds. The predicted octanol–water partition coefficient (Wildman–Crippen LogP) is 4.64. The molecule has 0 aromatic rings. The fraction of sp³-hybridized carbons (Fsp3) is 0.818. The molecule has 0 saturated heterocycles. The van der Waals surface area contributed by atoms with E-state index in [-0.39, 0.29) is 12.3 Å². The van der Waals surface area contributed by atoms with Gasteiger partial charge in [0.15, 0.2) is 0 Å². The third-order valence-electron chi connectivity index (χ3n) is 2.01. The highest BCUT2D eigenvalue weighted by Crippen LogP contribution is 2.07. The average molecular weight is 188 g/mol. The summed E-state index contributed by atoms with van der Waals surface area (Å²) in [6, 6.07) is 0. The van der Waals surface area contributed by atoms with Crippen LogP contribution in [0.25, 0.3) is 0 Å². The molecule has 6 N–H and O–H groups in total.